The van der Waals surface area contributed by atoms with Crippen molar-refractivity contribution in [3.05, 3.63) is 65.6 Å². The summed E-state index contributed by atoms with van der Waals surface area (Å²) in [6, 6.07) is 9.30. The fourth-order valence-corrected chi connectivity index (χ4v) is 2.92. The fourth-order valence-electron chi connectivity index (χ4n) is 2.92. The second-order valence-corrected chi connectivity index (χ2v) is 6.88. The van der Waals surface area contributed by atoms with E-state index in [9.17, 15) is 5.11 Å². The summed E-state index contributed by atoms with van der Waals surface area (Å²) in [7, 11) is 0. The molecule has 2 unspecified atom stereocenters. The Kier molecular flexibility index (Phi) is 5.15. The lowest BCUT2D eigenvalue weighted by Gasteiger charge is -2.07. The SMILES string of the molecule is C[C@H](O)c1nccn1Cc1cc(C#Cc2ccc(OC3CC3CO)cc2)on1. The van der Waals surface area contributed by atoms with Gasteiger partial charge in [0.25, 0.3) is 0 Å². The van der Waals surface area contributed by atoms with Crippen molar-refractivity contribution in [3.63, 3.8) is 0 Å². The van der Waals surface area contributed by atoms with Gasteiger partial charge in [0.05, 0.1) is 6.54 Å². The first-order valence-electron chi connectivity index (χ1n) is 9.16. The summed E-state index contributed by atoms with van der Waals surface area (Å²) < 4.78 is 12.9. The number of ether oxygens (including phenoxy) is 1. The molecule has 3 aromatic rings. The quantitative estimate of drug-likeness (QED) is 0.638. The normalized spacial score (nSPS) is 19.0. The molecule has 7 nitrogen and oxygen atoms in total. The Morgan fingerprint density at radius 3 is 2.86 bits per heavy atom. The van der Waals surface area contributed by atoms with E-state index in [4.69, 9.17) is 14.4 Å². The lowest BCUT2D eigenvalue weighted by Crippen LogP contribution is -2.07. The van der Waals surface area contributed by atoms with Crippen LogP contribution in [0.4, 0.5) is 0 Å². The Balaban J connectivity index is 1.38. The van der Waals surface area contributed by atoms with Gasteiger partial charge in [0.2, 0.25) is 5.76 Å². The summed E-state index contributed by atoms with van der Waals surface area (Å²) in [5.41, 5.74) is 1.54. The maximum Gasteiger partial charge on any atom is 0.210 e. The van der Waals surface area contributed by atoms with Crippen molar-refractivity contribution in [1.82, 2.24) is 14.7 Å². The molecule has 144 valence electrons. The fraction of sp³-hybridized carbons (Fsp3) is 0.333. The number of aliphatic hydroxyl groups is 2. The van der Waals surface area contributed by atoms with E-state index in [0.717, 1.165) is 17.7 Å². The summed E-state index contributed by atoms with van der Waals surface area (Å²) in [4.78, 5) is 4.14. The summed E-state index contributed by atoms with van der Waals surface area (Å²) in [5, 5.41) is 22.8. The van der Waals surface area contributed by atoms with Gasteiger partial charge in [-0.05, 0) is 43.5 Å². The van der Waals surface area contributed by atoms with Gasteiger partial charge in [-0.3, -0.25) is 0 Å². The zero-order valence-electron chi connectivity index (χ0n) is 15.4. The highest BCUT2D eigenvalue weighted by molar-refractivity contribution is 5.42. The molecule has 0 aliphatic heterocycles. The number of hydrogen-bond donors (Lipinski definition) is 2. The Morgan fingerprint density at radius 1 is 1.32 bits per heavy atom. The number of hydrogen-bond acceptors (Lipinski definition) is 6. The van der Waals surface area contributed by atoms with Crippen LogP contribution in [0.1, 0.15) is 42.3 Å². The molecule has 1 aliphatic carbocycles. The number of imidazole rings is 1. The largest absolute Gasteiger partial charge is 0.490 e. The van der Waals surface area contributed by atoms with Crippen molar-refractivity contribution in [1.29, 1.82) is 0 Å². The lowest BCUT2D eigenvalue weighted by atomic mass is 10.2. The van der Waals surface area contributed by atoms with Crippen LogP contribution in [0.3, 0.4) is 0 Å². The molecule has 2 heterocycles. The first-order chi connectivity index (χ1) is 13.6. The molecule has 0 radical (unpaired) electrons. The van der Waals surface area contributed by atoms with Crippen LogP contribution >= 0.6 is 0 Å². The van der Waals surface area contributed by atoms with Crippen LogP contribution in [-0.2, 0) is 6.54 Å². The van der Waals surface area contributed by atoms with E-state index < -0.39 is 6.10 Å². The van der Waals surface area contributed by atoms with Gasteiger partial charge in [-0.2, -0.15) is 0 Å². The van der Waals surface area contributed by atoms with Crippen LogP contribution in [-0.4, -0.2) is 37.6 Å². The van der Waals surface area contributed by atoms with Crippen molar-refractivity contribution in [2.24, 2.45) is 5.92 Å². The van der Waals surface area contributed by atoms with Crippen molar-refractivity contribution >= 4 is 0 Å². The predicted molar refractivity (Wildman–Crippen MR) is 100 cm³/mol. The number of rotatable bonds is 6. The van der Waals surface area contributed by atoms with E-state index in [1.807, 2.05) is 28.8 Å². The van der Waals surface area contributed by atoms with Gasteiger partial charge in [0.15, 0.2) is 0 Å². The number of aliphatic hydroxyl groups excluding tert-OH is 2. The monoisotopic (exact) mass is 379 g/mol. The topological polar surface area (TPSA) is 93.5 Å². The number of benzene rings is 1. The molecule has 0 bridgehead atoms. The third-order valence-electron chi connectivity index (χ3n) is 4.58. The number of nitrogens with zero attached hydrogens (tertiary/aromatic N) is 3. The molecule has 1 fully saturated rings. The maximum atomic E-state index is 9.71. The smallest absolute Gasteiger partial charge is 0.210 e. The van der Waals surface area contributed by atoms with Crippen molar-refractivity contribution in [2.75, 3.05) is 6.61 Å². The Labute approximate surface area is 162 Å². The van der Waals surface area contributed by atoms with Crippen LogP contribution in [0.25, 0.3) is 0 Å². The zero-order chi connectivity index (χ0) is 19.5. The molecule has 4 rings (SSSR count). The van der Waals surface area contributed by atoms with Gasteiger partial charge in [-0.25, -0.2) is 4.98 Å². The molecule has 0 spiro atoms. The molecule has 1 aromatic carbocycles. The first-order valence-corrected chi connectivity index (χ1v) is 9.16. The second-order valence-electron chi connectivity index (χ2n) is 6.88. The average Bonchev–Trinajstić information content (AvgIpc) is 3.05. The van der Waals surface area contributed by atoms with Crippen LogP contribution in [0.15, 0.2) is 47.2 Å². The molecule has 0 saturated heterocycles. The highest BCUT2D eigenvalue weighted by Crippen LogP contribution is 2.34. The summed E-state index contributed by atoms with van der Waals surface area (Å²) >= 11 is 0. The van der Waals surface area contributed by atoms with E-state index in [-0.39, 0.29) is 18.6 Å². The number of aromatic nitrogens is 3. The van der Waals surface area contributed by atoms with Crippen LogP contribution < -0.4 is 4.74 Å². The highest BCUT2D eigenvalue weighted by atomic mass is 16.5. The van der Waals surface area contributed by atoms with E-state index >= 15 is 0 Å². The molecular formula is C21H21N3O4. The summed E-state index contributed by atoms with van der Waals surface area (Å²) in [5.74, 6) is 8.09. The van der Waals surface area contributed by atoms with Crippen molar-refractivity contribution < 1.29 is 19.5 Å². The van der Waals surface area contributed by atoms with Crippen LogP contribution in [0.5, 0.6) is 5.75 Å². The predicted octanol–water partition coefficient (Wildman–Crippen LogP) is 2.13. The average molecular weight is 379 g/mol. The maximum absolute atomic E-state index is 9.71. The third kappa shape index (κ3) is 4.25. The Bertz CT molecular complexity index is 995. The zero-order valence-corrected chi connectivity index (χ0v) is 15.4. The Hall–Kier alpha value is -3.08. The minimum Gasteiger partial charge on any atom is -0.490 e. The van der Waals surface area contributed by atoms with Gasteiger partial charge in [-0.15, -0.1) is 0 Å². The van der Waals surface area contributed by atoms with Crippen LogP contribution in [0.2, 0.25) is 0 Å². The van der Waals surface area contributed by atoms with E-state index in [1.165, 1.54) is 0 Å². The van der Waals surface area contributed by atoms with E-state index in [1.54, 1.807) is 25.4 Å². The van der Waals surface area contributed by atoms with Crippen LogP contribution in [0, 0.1) is 17.8 Å². The lowest BCUT2D eigenvalue weighted by molar-refractivity contribution is 0.184. The molecule has 3 atom stereocenters. The molecule has 1 aliphatic rings. The summed E-state index contributed by atoms with van der Waals surface area (Å²) in [6.45, 7) is 2.30. The molecule has 0 amide bonds. The Morgan fingerprint density at radius 2 is 2.14 bits per heavy atom. The minimum absolute atomic E-state index is 0.124. The second kappa shape index (κ2) is 7.89. The van der Waals surface area contributed by atoms with Crippen molar-refractivity contribution in [3.8, 4) is 17.6 Å². The highest BCUT2D eigenvalue weighted by Gasteiger charge is 2.38. The van der Waals surface area contributed by atoms with Gasteiger partial charge in [0, 0.05) is 36.5 Å². The van der Waals surface area contributed by atoms with Crippen molar-refractivity contribution in [2.45, 2.75) is 32.1 Å². The molecule has 2 aromatic heterocycles. The van der Waals surface area contributed by atoms with Gasteiger partial charge < -0.3 is 24.0 Å². The van der Waals surface area contributed by atoms with Gasteiger partial charge in [0.1, 0.15) is 29.5 Å². The molecule has 28 heavy (non-hydrogen) atoms. The van der Waals surface area contributed by atoms with Gasteiger partial charge >= 0.3 is 0 Å². The molecule has 2 N–H and O–H groups in total. The summed E-state index contributed by atoms with van der Waals surface area (Å²) in [6.07, 6.45) is 3.81. The van der Waals surface area contributed by atoms with E-state index in [0.29, 0.717) is 23.8 Å². The third-order valence-corrected chi connectivity index (χ3v) is 4.58. The minimum atomic E-state index is -0.650. The molecule has 7 heteroatoms. The molecule has 1 saturated carbocycles. The standard InChI is InChI=1S/C21H21N3O4/c1-14(26)21-22-8-9-24(21)12-17-11-19(28-23-17)7-4-15-2-5-18(6-3-15)27-20-10-16(20)13-25/h2-3,5-6,8-9,11,14,16,20,25-26H,10,12-13H2,1H3/t14-,16?,20?/m0/s1. The van der Waals surface area contributed by atoms with E-state index in [2.05, 4.69) is 22.0 Å². The molecular weight excluding hydrogens is 358 g/mol. The van der Waals surface area contributed by atoms with Gasteiger partial charge in [-0.1, -0.05) is 11.1 Å². The first kappa shape index (κ1) is 18.3.